The molecule has 2 rings (SSSR count). The first kappa shape index (κ1) is 15.3. The number of aromatic nitrogens is 1. The number of anilines is 2. The van der Waals surface area contributed by atoms with Crippen LogP contribution in [0.25, 0.3) is 0 Å². The predicted molar refractivity (Wildman–Crippen MR) is 88.1 cm³/mol. The molecule has 0 bridgehead atoms. The molecule has 112 valence electrons. The van der Waals surface area contributed by atoms with Crippen molar-refractivity contribution >= 4 is 28.2 Å². The van der Waals surface area contributed by atoms with E-state index in [1.54, 1.807) is 0 Å². The second-order valence-corrected chi connectivity index (χ2v) is 6.08. The van der Waals surface area contributed by atoms with Gasteiger partial charge in [-0.1, -0.05) is 41.2 Å². The topological polar surface area (TPSA) is 71.2 Å². The van der Waals surface area contributed by atoms with Crippen molar-refractivity contribution in [1.29, 1.82) is 0 Å². The lowest BCUT2D eigenvalue weighted by molar-refractivity contribution is 0.0959. The number of hydrogen-bond donors (Lipinski definition) is 2. The van der Waals surface area contributed by atoms with Crippen molar-refractivity contribution < 1.29 is 4.79 Å². The van der Waals surface area contributed by atoms with Crippen molar-refractivity contribution in [2.24, 2.45) is 0 Å². The third-order valence-corrected chi connectivity index (χ3v) is 4.25. The first-order valence-electron chi connectivity index (χ1n) is 6.74. The van der Waals surface area contributed by atoms with Gasteiger partial charge in [0.05, 0.1) is 0 Å². The molecule has 0 radical (unpaired) electrons. The summed E-state index contributed by atoms with van der Waals surface area (Å²) in [5, 5.41) is 3.63. The first-order valence-corrected chi connectivity index (χ1v) is 7.56. The molecular weight excluding hydrogens is 284 g/mol. The average molecular weight is 304 g/mol. The monoisotopic (exact) mass is 304 g/mol. The zero-order valence-electron chi connectivity index (χ0n) is 12.5. The molecule has 6 heteroatoms. The molecule has 0 saturated heterocycles. The molecule has 3 N–H and O–H groups in total. The molecule has 0 spiro atoms. The van der Waals surface area contributed by atoms with Crippen LogP contribution in [0.5, 0.6) is 0 Å². The van der Waals surface area contributed by atoms with Crippen LogP contribution in [0.3, 0.4) is 0 Å². The van der Waals surface area contributed by atoms with Crippen LogP contribution in [0.2, 0.25) is 0 Å². The van der Waals surface area contributed by atoms with Crippen molar-refractivity contribution in [3.8, 4) is 0 Å². The summed E-state index contributed by atoms with van der Waals surface area (Å²) in [4.78, 5) is 18.6. The smallest absolute Gasteiger partial charge is 0.265 e. The van der Waals surface area contributed by atoms with E-state index in [0.717, 1.165) is 11.6 Å². The Bertz CT molecular complexity index is 636. The molecule has 1 heterocycles. The van der Waals surface area contributed by atoms with Crippen molar-refractivity contribution in [3.05, 3.63) is 40.3 Å². The minimum atomic E-state index is -0.161. The lowest BCUT2D eigenvalue weighted by Gasteiger charge is -2.06. The summed E-state index contributed by atoms with van der Waals surface area (Å²) in [5.41, 5.74) is 8.23. The van der Waals surface area contributed by atoms with Gasteiger partial charge < -0.3 is 16.0 Å². The quantitative estimate of drug-likeness (QED) is 0.887. The van der Waals surface area contributed by atoms with Gasteiger partial charge in [-0.25, -0.2) is 4.98 Å². The highest BCUT2D eigenvalue weighted by Gasteiger charge is 2.16. The molecule has 2 aromatic rings. The van der Waals surface area contributed by atoms with Gasteiger partial charge in [0.1, 0.15) is 10.7 Å². The van der Waals surface area contributed by atoms with Gasteiger partial charge in [-0.2, -0.15) is 0 Å². The number of nitrogens with one attached hydrogen (secondary N) is 1. The van der Waals surface area contributed by atoms with Crippen molar-refractivity contribution in [3.63, 3.8) is 0 Å². The molecular formula is C15H20N4OS. The largest absolute Gasteiger partial charge is 0.382 e. The highest BCUT2D eigenvalue weighted by molar-refractivity contribution is 7.18. The lowest BCUT2D eigenvalue weighted by atomic mass is 10.1. The van der Waals surface area contributed by atoms with E-state index in [1.807, 2.05) is 25.1 Å². The van der Waals surface area contributed by atoms with E-state index < -0.39 is 0 Å². The van der Waals surface area contributed by atoms with Crippen molar-refractivity contribution in [2.45, 2.75) is 13.3 Å². The molecule has 21 heavy (non-hydrogen) atoms. The molecule has 0 aliphatic carbocycles. The summed E-state index contributed by atoms with van der Waals surface area (Å²) in [6.07, 6.45) is 0.798. The van der Waals surface area contributed by atoms with E-state index >= 15 is 0 Å². The van der Waals surface area contributed by atoms with Gasteiger partial charge in [-0.15, -0.1) is 0 Å². The second-order valence-electron chi connectivity index (χ2n) is 5.10. The standard InChI is InChI=1S/C15H20N4OS/c1-10-5-4-6-11(9-10)7-8-17-14(20)12-13(16)18-15(21-12)19(2)3/h4-6,9H,7-8,16H2,1-3H3,(H,17,20). The molecule has 0 saturated carbocycles. The van der Waals surface area contributed by atoms with E-state index in [1.165, 1.54) is 22.5 Å². The van der Waals surface area contributed by atoms with Crippen molar-refractivity contribution in [2.75, 3.05) is 31.3 Å². The summed E-state index contributed by atoms with van der Waals surface area (Å²) < 4.78 is 0. The molecule has 0 aliphatic rings. The first-order chi connectivity index (χ1) is 9.97. The van der Waals surface area contributed by atoms with E-state index in [4.69, 9.17) is 5.73 Å². The molecule has 0 fully saturated rings. The number of rotatable bonds is 5. The highest BCUT2D eigenvalue weighted by Crippen LogP contribution is 2.26. The third-order valence-electron chi connectivity index (χ3n) is 3.01. The minimum Gasteiger partial charge on any atom is -0.382 e. The molecule has 0 unspecified atom stereocenters. The maximum atomic E-state index is 12.1. The fourth-order valence-corrected chi connectivity index (χ4v) is 2.77. The Morgan fingerprint density at radius 2 is 2.19 bits per heavy atom. The molecule has 1 aromatic heterocycles. The average Bonchev–Trinajstić information content (AvgIpc) is 2.81. The molecule has 0 aliphatic heterocycles. The summed E-state index contributed by atoms with van der Waals surface area (Å²) in [5.74, 6) is 0.127. The summed E-state index contributed by atoms with van der Waals surface area (Å²) >= 11 is 1.30. The van der Waals surface area contributed by atoms with Crippen molar-refractivity contribution in [1.82, 2.24) is 10.3 Å². The van der Waals surface area contributed by atoms with Crippen LogP contribution in [-0.2, 0) is 6.42 Å². The number of hydrogen-bond acceptors (Lipinski definition) is 5. The van der Waals surface area contributed by atoms with Crippen LogP contribution in [0.15, 0.2) is 24.3 Å². The van der Waals surface area contributed by atoms with Gasteiger partial charge in [-0.3, -0.25) is 4.79 Å². The number of amides is 1. The molecule has 0 atom stereocenters. The van der Waals surface area contributed by atoms with Crippen LogP contribution in [0.4, 0.5) is 10.9 Å². The number of thiazole rings is 1. The van der Waals surface area contributed by atoms with E-state index in [0.29, 0.717) is 11.4 Å². The van der Waals surface area contributed by atoms with Crippen LogP contribution in [0.1, 0.15) is 20.8 Å². The number of aryl methyl sites for hydroxylation is 1. The summed E-state index contributed by atoms with van der Waals surface area (Å²) in [6, 6.07) is 8.27. The number of benzene rings is 1. The Morgan fingerprint density at radius 1 is 1.43 bits per heavy atom. The normalized spacial score (nSPS) is 10.4. The predicted octanol–water partition coefficient (Wildman–Crippen LogP) is 2.07. The summed E-state index contributed by atoms with van der Waals surface area (Å²) in [6.45, 7) is 2.64. The Kier molecular flexibility index (Phi) is 4.80. The fraction of sp³-hybridized carbons (Fsp3) is 0.333. The number of carbonyl (C=O) groups excluding carboxylic acids is 1. The van der Waals surface area contributed by atoms with Crippen LogP contribution < -0.4 is 16.0 Å². The van der Waals surface area contributed by atoms with Crippen LogP contribution >= 0.6 is 11.3 Å². The third kappa shape index (κ3) is 3.95. The van der Waals surface area contributed by atoms with Gasteiger partial charge in [-0.05, 0) is 18.9 Å². The van der Waals surface area contributed by atoms with Gasteiger partial charge in [0.25, 0.3) is 5.91 Å². The SMILES string of the molecule is Cc1cccc(CCNC(=O)c2sc(N(C)C)nc2N)c1. The van der Waals surface area contributed by atoms with E-state index in [9.17, 15) is 4.79 Å². The zero-order chi connectivity index (χ0) is 15.4. The molecule has 1 aromatic carbocycles. The van der Waals surface area contributed by atoms with E-state index in [2.05, 4.69) is 35.4 Å². The Morgan fingerprint density at radius 3 is 2.81 bits per heavy atom. The minimum absolute atomic E-state index is 0.161. The second kappa shape index (κ2) is 6.58. The van der Waals surface area contributed by atoms with Crippen LogP contribution in [0, 0.1) is 6.92 Å². The zero-order valence-corrected chi connectivity index (χ0v) is 13.3. The number of carbonyl (C=O) groups is 1. The number of nitrogens with two attached hydrogens (primary N) is 1. The maximum Gasteiger partial charge on any atom is 0.265 e. The van der Waals surface area contributed by atoms with Gasteiger partial charge >= 0.3 is 0 Å². The van der Waals surface area contributed by atoms with Gasteiger partial charge in [0.2, 0.25) is 0 Å². The van der Waals surface area contributed by atoms with Gasteiger partial charge in [0, 0.05) is 20.6 Å². The summed E-state index contributed by atoms with van der Waals surface area (Å²) in [7, 11) is 3.75. The Balaban J connectivity index is 1.93. The van der Waals surface area contributed by atoms with E-state index in [-0.39, 0.29) is 11.7 Å². The highest BCUT2D eigenvalue weighted by atomic mass is 32.1. The Hall–Kier alpha value is -2.08. The lowest BCUT2D eigenvalue weighted by Crippen LogP contribution is -2.25. The molecule has 5 nitrogen and oxygen atoms in total. The maximum absolute atomic E-state index is 12.1. The Labute approximate surface area is 128 Å². The van der Waals surface area contributed by atoms with Crippen LogP contribution in [-0.4, -0.2) is 31.5 Å². The van der Waals surface area contributed by atoms with Gasteiger partial charge in [0.15, 0.2) is 5.13 Å². The number of nitrogen functional groups attached to an aromatic ring is 1. The number of nitrogens with zero attached hydrogens (tertiary/aromatic N) is 2. The fourth-order valence-electron chi connectivity index (χ4n) is 1.94. The molecule has 1 amide bonds.